The molecule has 110 valence electrons. The van der Waals surface area contributed by atoms with Gasteiger partial charge in [-0.05, 0) is 55.4 Å². The quantitative estimate of drug-likeness (QED) is 0.881. The van der Waals surface area contributed by atoms with Gasteiger partial charge in [0.2, 0.25) is 0 Å². The lowest BCUT2D eigenvalue weighted by Crippen LogP contribution is -2.40. The lowest BCUT2D eigenvalue weighted by atomic mass is 9.75. The normalized spacial score (nSPS) is 21.3. The Bertz CT molecular complexity index is 494. The Hall–Kier alpha value is -1.51. The smallest absolute Gasteiger partial charge is 0.251 e. The van der Waals surface area contributed by atoms with E-state index in [0.717, 1.165) is 29.7 Å². The Morgan fingerprint density at radius 3 is 2.70 bits per heavy atom. The minimum absolute atomic E-state index is 0.0628. The van der Waals surface area contributed by atoms with E-state index in [1.165, 1.54) is 12.8 Å². The molecule has 0 bridgehead atoms. The van der Waals surface area contributed by atoms with Crippen molar-refractivity contribution in [2.45, 2.75) is 52.5 Å². The number of rotatable bonds is 3. The topological polar surface area (TPSA) is 41.1 Å². The van der Waals surface area contributed by atoms with Gasteiger partial charge in [0.15, 0.2) is 0 Å². The Morgan fingerprint density at radius 2 is 2.10 bits per heavy atom. The van der Waals surface area contributed by atoms with Gasteiger partial charge in [0.05, 0.1) is 0 Å². The first-order valence-corrected chi connectivity index (χ1v) is 7.50. The van der Waals surface area contributed by atoms with Crippen LogP contribution in [0.2, 0.25) is 0 Å². The van der Waals surface area contributed by atoms with Crippen LogP contribution in [-0.2, 0) is 0 Å². The molecule has 1 aromatic rings. The maximum atomic E-state index is 12.4. The number of anilines is 1. The predicted molar refractivity (Wildman–Crippen MR) is 84.2 cm³/mol. The second kappa shape index (κ2) is 5.86. The summed E-state index contributed by atoms with van der Waals surface area (Å²) in [5.74, 6) is 0.0628. The first kappa shape index (κ1) is 14.9. The molecule has 3 nitrogen and oxygen atoms in total. The number of aryl methyl sites for hydroxylation is 1. The number of carbonyl (C=O) groups is 1. The van der Waals surface area contributed by atoms with Crippen molar-refractivity contribution in [1.82, 2.24) is 5.32 Å². The molecule has 1 aliphatic rings. The summed E-state index contributed by atoms with van der Waals surface area (Å²) in [5, 5.41) is 6.30. The highest BCUT2D eigenvalue weighted by Crippen LogP contribution is 2.35. The molecule has 20 heavy (non-hydrogen) atoms. The van der Waals surface area contributed by atoms with Crippen LogP contribution in [0.3, 0.4) is 0 Å². The van der Waals surface area contributed by atoms with Crippen molar-refractivity contribution >= 4 is 11.6 Å². The van der Waals surface area contributed by atoms with Gasteiger partial charge >= 0.3 is 0 Å². The summed E-state index contributed by atoms with van der Waals surface area (Å²) in [7, 11) is 1.89. The summed E-state index contributed by atoms with van der Waals surface area (Å²) < 4.78 is 0. The van der Waals surface area contributed by atoms with E-state index in [1.807, 2.05) is 32.2 Å². The zero-order valence-corrected chi connectivity index (χ0v) is 13.0. The molecule has 1 atom stereocenters. The molecular weight excluding hydrogens is 248 g/mol. The lowest BCUT2D eigenvalue weighted by Gasteiger charge is -2.35. The van der Waals surface area contributed by atoms with Gasteiger partial charge in [-0.1, -0.05) is 20.3 Å². The molecule has 3 heteroatoms. The van der Waals surface area contributed by atoms with E-state index in [9.17, 15) is 4.79 Å². The van der Waals surface area contributed by atoms with E-state index >= 15 is 0 Å². The fraction of sp³-hybridized carbons (Fsp3) is 0.588. The number of hydrogen-bond acceptors (Lipinski definition) is 2. The first-order chi connectivity index (χ1) is 9.41. The Morgan fingerprint density at radius 1 is 1.35 bits per heavy atom. The second-order valence-corrected chi connectivity index (χ2v) is 6.71. The molecule has 0 spiro atoms. The molecule has 1 fully saturated rings. The SMILES string of the molecule is CNc1ccc(C(=O)NC2CCCC(C)(C)C2)c(C)c1. The molecule has 2 rings (SSSR count). The Labute approximate surface area is 122 Å². The van der Waals surface area contributed by atoms with Crippen LogP contribution in [0.5, 0.6) is 0 Å². The summed E-state index contributed by atoms with van der Waals surface area (Å²) in [6, 6.07) is 6.19. The number of nitrogens with one attached hydrogen (secondary N) is 2. The van der Waals surface area contributed by atoms with Crippen LogP contribution in [-0.4, -0.2) is 19.0 Å². The van der Waals surface area contributed by atoms with Gasteiger partial charge in [-0.3, -0.25) is 4.79 Å². The molecule has 1 aliphatic carbocycles. The van der Waals surface area contributed by atoms with Crippen molar-refractivity contribution in [2.75, 3.05) is 12.4 Å². The van der Waals surface area contributed by atoms with E-state index in [-0.39, 0.29) is 5.91 Å². The number of benzene rings is 1. The van der Waals surface area contributed by atoms with Gasteiger partial charge in [0.25, 0.3) is 5.91 Å². The summed E-state index contributed by atoms with van der Waals surface area (Å²) in [6.07, 6.45) is 4.64. The zero-order chi connectivity index (χ0) is 14.8. The molecular formula is C17H26N2O. The monoisotopic (exact) mass is 274 g/mol. The third-order valence-electron chi connectivity index (χ3n) is 4.30. The molecule has 0 aromatic heterocycles. The minimum atomic E-state index is 0.0628. The average Bonchev–Trinajstić information content (AvgIpc) is 2.37. The standard InChI is InChI=1S/C17H26N2O/c1-12-10-13(18-4)7-8-15(12)16(20)19-14-6-5-9-17(2,3)11-14/h7-8,10,14,18H,5-6,9,11H2,1-4H3,(H,19,20). The van der Waals surface area contributed by atoms with Gasteiger partial charge < -0.3 is 10.6 Å². The van der Waals surface area contributed by atoms with Crippen LogP contribution in [0.25, 0.3) is 0 Å². The average molecular weight is 274 g/mol. The lowest BCUT2D eigenvalue weighted by molar-refractivity contribution is 0.0902. The van der Waals surface area contributed by atoms with E-state index in [2.05, 4.69) is 24.5 Å². The molecule has 0 saturated heterocycles. The first-order valence-electron chi connectivity index (χ1n) is 7.50. The van der Waals surface area contributed by atoms with E-state index in [4.69, 9.17) is 0 Å². The second-order valence-electron chi connectivity index (χ2n) is 6.71. The molecule has 0 aliphatic heterocycles. The van der Waals surface area contributed by atoms with E-state index < -0.39 is 0 Å². The van der Waals surface area contributed by atoms with Crippen LogP contribution in [0, 0.1) is 12.3 Å². The molecule has 1 saturated carbocycles. The highest BCUT2D eigenvalue weighted by atomic mass is 16.1. The molecule has 2 N–H and O–H groups in total. The number of carbonyl (C=O) groups excluding carboxylic acids is 1. The van der Waals surface area contributed by atoms with Gasteiger partial charge in [-0.25, -0.2) is 0 Å². The Kier molecular flexibility index (Phi) is 4.36. The summed E-state index contributed by atoms with van der Waals surface area (Å²) >= 11 is 0. The minimum Gasteiger partial charge on any atom is -0.388 e. The van der Waals surface area contributed by atoms with Crippen molar-refractivity contribution in [2.24, 2.45) is 5.41 Å². The molecule has 0 heterocycles. The van der Waals surface area contributed by atoms with Crippen LogP contribution >= 0.6 is 0 Å². The third kappa shape index (κ3) is 3.53. The van der Waals surface area contributed by atoms with Crippen molar-refractivity contribution in [3.63, 3.8) is 0 Å². The maximum absolute atomic E-state index is 12.4. The largest absolute Gasteiger partial charge is 0.388 e. The predicted octanol–water partition coefficient (Wildman–Crippen LogP) is 3.74. The molecule has 1 amide bonds. The van der Waals surface area contributed by atoms with Gasteiger partial charge in [-0.15, -0.1) is 0 Å². The van der Waals surface area contributed by atoms with Gasteiger partial charge in [-0.2, -0.15) is 0 Å². The fourth-order valence-electron chi connectivity index (χ4n) is 3.16. The van der Waals surface area contributed by atoms with Crippen LogP contribution < -0.4 is 10.6 Å². The zero-order valence-electron chi connectivity index (χ0n) is 13.0. The van der Waals surface area contributed by atoms with Crippen LogP contribution in [0.15, 0.2) is 18.2 Å². The van der Waals surface area contributed by atoms with Crippen molar-refractivity contribution < 1.29 is 4.79 Å². The molecule has 0 radical (unpaired) electrons. The summed E-state index contributed by atoms with van der Waals surface area (Å²) in [5.41, 5.74) is 3.19. The Balaban J connectivity index is 2.05. The third-order valence-corrected chi connectivity index (χ3v) is 4.30. The number of hydrogen-bond donors (Lipinski definition) is 2. The van der Waals surface area contributed by atoms with Crippen molar-refractivity contribution in [1.29, 1.82) is 0 Å². The summed E-state index contributed by atoms with van der Waals surface area (Å²) in [6.45, 7) is 6.57. The highest BCUT2D eigenvalue weighted by Gasteiger charge is 2.29. The van der Waals surface area contributed by atoms with E-state index in [0.29, 0.717) is 11.5 Å². The van der Waals surface area contributed by atoms with Crippen molar-refractivity contribution in [3.8, 4) is 0 Å². The molecule has 1 unspecified atom stereocenters. The number of amides is 1. The fourth-order valence-corrected chi connectivity index (χ4v) is 3.16. The van der Waals surface area contributed by atoms with Crippen molar-refractivity contribution in [3.05, 3.63) is 29.3 Å². The van der Waals surface area contributed by atoms with Gasteiger partial charge in [0.1, 0.15) is 0 Å². The van der Waals surface area contributed by atoms with Crippen LogP contribution in [0.1, 0.15) is 55.5 Å². The van der Waals surface area contributed by atoms with E-state index in [1.54, 1.807) is 0 Å². The highest BCUT2D eigenvalue weighted by molar-refractivity contribution is 5.96. The van der Waals surface area contributed by atoms with Crippen LogP contribution in [0.4, 0.5) is 5.69 Å². The summed E-state index contributed by atoms with van der Waals surface area (Å²) in [4.78, 5) is 12.4. The maximum Gasteiger partial charge on any atom is 0.251 e. The molecule has 1 aromatic carbocycles. The van der Waals surface area contributed by atoms with Gasteiger partial charge in [0, 0.05) is 24.3 Å².